The molecule has 0 amide bonds. The van der Waals surface area contributed by atoms with Crippen LogP contribution in [0.3, 0.4) is 0 Å². The van der Waals surface area contributed by atoms with Gasteiger partial charge in [-0.2, -0.15) is 0 Å². The van der Waals surface area contributed by atoms with Gasteiger partial charge >= 0.3 is 0 Å². The lowest BCUT2D eigenvalue weighted by atomic mass is 9.71. The fourth-order valence-electron chi connectivity index (χ4n) is 3.43. The summed E-state index contributed by atoms with van der Waals surface area (Å²) in [5, 5.41) is 3.83. The highest BCUT2D eigenvalue weighted by Crippen LogP contribution is 2.41. The fraction of sp³-hybridized carbons (Fsp3) is 0.667. The monoisotopic (exact) mass is 275 g/mol. The van der Waals surface area contributed by atoms with Crippen molar-refractivity contribution in [3.8, 4) is 0 Å². The lowest BCUT2D eigenvalue weighted by Crippen LogP contribution is -2.40. The summed E-state index contributed by atoms with van der Waals surface area (Å²) in [7, 11) is 1.79. The van der Waals surface area contributed by atoms with Crippen LogP contribution >= 0.6 is 0 Å². The Morgan fingerprint density at radius 2 is 2.10 bits per heavy atom. The maximum absolute atomic E-state index is 5.36. The van der Waals surface area contributed by atoms with Crippen molar-refractivity contribution in [1.82, 2.24) is 5.32 Å². The largest absolute Gasteiger partial charge is 0.383 e. The minimum absolute atomic E-state index is 0.302. The number of rotatable bonds is 6. The van der Waals surface area contributed by atoms with Crippen LogP contribution in [-0.4, -0.2) is 19.8 Å². The molecule has 0 bridgehead atoms. The van der Waals surface area contributed by atoms with Gasteiger partial charge in [0.2, 0.25) is 0 Å². The molecule has 2 heteroatoms. The number of hydrogen-bond donors (Lipinski definition) is 1. The molecule has 0 saturated carbocycles. The Morgan fingerprint density at radius 3 is 2.80 bits per heavy atom. The Balaban J connectivity index is 2.17. The van der Waals surface area contributed by atoms with Crippen molar-refractivity contribution in [3.63, 3.8) is 0 Å². The first-order valence-electron chi connectivity index (χ1n) is 7.93. The zero-order valence-electron chi connectivity index (χ0n) is 13.4. The Morgan fingerprint density at radius 1 is 1.35 bits per heavy atom. The number of benzene rings is 1. The number of fused-ring (bicyclic) bond motifs is 1. The number of methoxy groups -OCH3 is 1. The Kier molecular flexibility index (Phi) is 5.22. The van der Waals surface area contributed by atoms with E-state index in [2.05, 4.69) is 50.4 Å². The van der Waals surface area contributed by atoms with Gasteiger partial charge in [-0.05, 0) is 35.8 Å². The SMILES string of the molecule is CCCC(COC)NC1CCC(C)(C)c2ccccc21. The predicted octanol–water partition coefficient (Wildman–Crippen LogP) is 4.20. The highest BCUT2D eigenvalue weighted by molar-refractivity contribution is 5.38. The van der Waals surface area contributed by atoms with Gasteiger partial charge in [0.1, 0.15) is 0 Å². The molecule has 0 fully saturated rings. The molecule has 1 aromatic carbocycles. The van der Waals surface area contributed by atoms with E-state index >= 15 is 0 Å². The van der Waals surface area contributed by atoms with Crippen molar-refractivity contribution in [2.45, 2.75) is 64.0 Å². The minimum Gasteiger partial charge on any atom is -0.383 e. The van der Waals surface area contributed by atoms with Crippen molar-refractivity contribution < 1.29 is 4.74 Å². The molecule has 1 aliphatic rings. The molecule has 0 heterocycles. The van der Waals surface area contributed by atoms with Gasteiger partial charge in [0.25, 0.3) is 0 Å². The molecular weight excluding hydrogens is 246 g/mol. The molecule has 1 N–H and O–H groups in total. The molecule has 0 saturated heterocycles. The summed E-state index contributed by atoms with van der Waals surface area (Å²) in [6.45, 7) is 7.76. The van der Waals surface area contributed by atoms with Crippen LogP contribution < -0.4 is 5.32 Å². The second kappa shape index (κ2) is 6.73. The van der Waals surface area contributed by atoms with Crippen LogP contribution in [0, 0.1) is 0 Å². The van der Waals surface area contributed by atoms with Crippen LogP contribution in [0.2, 0.25) is 0 Å². The Labute approximate surface area is 123 Å². The second-order valence-corrected chi connectivity index (χ2v) is 6.67. The van der Waals surface area contributed by atoms with Crippen molar-refractivity contribution >= 4 is 0 Å². The first kappa shape index (κ1) is 15.5. The van der Waals surface area contributed by atoms with E-state index in [0.717, 1.165) is 6.61 Å². The van der Waals surface area contributed by atoms with Crippen LogP contribution in [0.5, 0.6) is 0 Å². The van der Waals surface area contributed by atoms with Crippen molar-refractivity contribution in [2.24, 2.45) is 0 Å². The standard InChI is InChI=1S/C18H29NO/c1-5-8-14(13-20-4)19-17-11-12-18(2,3)16-10-7-6-9-15(16)17/h6-7,9-10,14,17,19H,5,8,11-13H2,1-4H3. The lowest BCUT2D eigenvalue weighted by Gasteiger charge is -2.39. The zero-order chi connectivity index (χ0) is 14.6. The van der Waals surface area contributed by atoms with E-state index in [1.54, 1.807) is 7.11 Å². The normalized spacial score (nSPS) is 22.3. The topological polar surface area (TPSA) is 21.3 Å². The maximum Gasteiger partial charge on any atom is 0.0616 e. The summed E-state index contributed by atoms with van der Waals surface area (Å²) in [6.07, 6.45) is 4.83. The maximum atomic E-state index is 5.36. The molecule has 0 aliphatic heterocycles. The third kappa shape index (κ3) is 3.42. The quantitative estimate of drug-likeness (QED) is 0.840. The molecule has 2 atom stereocenters. The smallest absolute Gasteiger partial charge is 0.0616 e. The van der Waals surface area contributed by atoms with E-state index in [1.807, 2.05) is 0 Å². The average molecular weight is 275 g/mol. The van der Waals surface area contributed by atoms with Gasteiger partial charge in [0.15, 0.2) is 0 Å². The molecule has 20 heavy (non-hydrogen) atoms. The van der Waals surface area contributed by atoms with Crippen LogP contribution in [0.25, 0.3) is 0 Å². The fourth-order valence-corrected chi connectivity index (χ4v) is 3.43. The summed E-state index contributed by atoms with van der Waals surface area (Å²) in [5.74, 6) is 0. The number of ether oxygens (including phenoxy) is 1. The third-order valence-corrected chi connectivity index (χ3v) is 4.57. The predicted molar refractivity (Wildman–Crippen MR) is 85.2 cm³/mol. The molecule has 1 aliphatic carbocycles. The summed E-state index contributed by atoms with van der Waals surface area (Å²) in [5.41, 5.74) is 3.30. The minimum atomic E-state index is 0.302. The van der Waals surface area contributed by atoms with E-state index in [0.29, 0.717) is 17.5 Å². The Bertz CT molecular complexity index is 421. The number of nitrogens with one attached hydrogen (secondary N) is 1. The average Bonchev–Trinajstić information content (AvgIpc) is 2.43. The highest BCUT2D eigenvalue weighted by atomic mass is 16.5. The number of hydrogen-bond acceptors (Lipinski definition) is 2. The summed E-state index contributed by atoms with van der Waals surface area (Å²) in [6, 6.07) is 9.87. The van der Waals surface area contributed by atoms with Gasteiger partial charge in [0.05, 0.1) is 6.61 Å². The summed E-state index contributed by atoms with van der Waals surface area (Å²) >= 11 is 0. The van der Waals surface area contributed by atoms with Gasteiger partial charge in [0, 0.05) is 19.2 Å². The Hall–Kier alpha value is -0.860. The third-order valence-electron chi connectivity index (χ3n) is 4.57. The molecule has 0 aromatic heterocycles. The van der Waals surface area contributed by atoms with Gasteiger partial charge in [-0.25, -0.2) is 0 Å². The lowest BCUT2D eigenvalue weighted by molar-refractivity contribution is 0.152. The highest BCUT2D eigenvalue weighted by Gasteiger charge is 2.32. The molecule has 0 radical (unpaired) electrons. The van der Waals surface area contributed by atoms with Gasteiger partial charge < -0.3 is 10.1 Å². The zero-order valence-corrected chi connectivity index (χ0v) is 13.4. The van der Waals surface area contributed by atoms with E-state index < -0.39 is 0 Å². The van der Waals surface area contributed by atoms with Crippen molar-refractivity contribution in [3.05, 3.63) is 35.4 Å². The van der Waals surface area contributed by atoms with Crippen LogP contribution in [0.4, 0.5) is 0 Å². The molecule has 0 spiro atoms. The second-order valence-electron chi connectivity index (χ2n) is 6.67. The summed E-state index contributed by atoms with van der Waals surface area (Å²) in [4.78, 5) is 0. The van der Waals surface area contributed by atoms with E-state index in [4.69, 9.17) is 4.74 Å². The van der Waals surface area contributed by atoms with Gasteiger partial charge in [-0.15, -0.1) is 0 Å². The van der Waals surface area contributed by atoms with Crippen molar-refractivity contribution in [2.75, 3.05) is 13.7 Å². The molecule has 2 rings (SSSR count). The van der Waals surface area contributed by atoms with Gasteiger partial charge in [-0.3, -0.25) is 0 Å². The van der Waals surface area contributed by atoms with Crippen LogP contribution in [-0.2, 0) is 10.2 Å². The molecule has 2 unspecified atom stereocenters. The van der Waals surface area contributed by atoms with E-state index in [9.17, 15) is 0 Å². The first-order valence-corrected chi connectivity index (χ1v) is 7.93. The van der Waals surface area contributed by atoms with E-state index in [1.165, 1.54) is 36.8 Å². The van der Waals surface area contributed by atoms with Gasteiger partial charge in [-0.1, -0.05) is 51.5 Å². The van der Waals surface area contributed by atoms with E-state index in [-0.39, 0.29) is 0 Å². The van der Waals surface area contributed by atoms with Crippen LogP contribution in [0.1, 0.15) is 63.6 Å². The first-order chi connectivity index (χ1) is 9.58. The molecule has 1 aromatic rings. The molecule has 2 nitrogen and oxygen atoms in total. The summed E-state index contributed by atoms with van der Waals surface area (Å²) < 4.78 is 5.36. The van der Waals surface area contributed by atoms with Crippen molar-refractivity contribution in [1.29, 1.82) is 0 Å². The molecular formula is C18H29NO. The molecule has 112 valence electrons. The van der Waals surface area contributed by atoms with Crippen LogP contribution in [0.15, 0.2) is 24.3 Å².